The van der Waals surface area contributed by atoms with Crippen molar-refractivity contribution >= 4 is 34.5 Å². The zero-order chi connectivity index (χ0) is 26.7. The van der Waals surface area contributed by atoms with E-state index in [-0.39, 0.29) is 16.1 Å². The normalized spacial score (nSPS) is 16.6. The molecule has 1 saturated carbocycles. The van der Waals surface area contributed by atoms with Crippen molar-refractivity contribution in [3.05, 3.63) is 57.1 Å². The highest BCUT2D eigenvalue weighted by Gasteiger charge is 2.73. The number of nitrogens with one attached hydrogen (secondary N) is 1. The molecular weight excluding hydrogens is 560 g/mol. The summed E-state index contributed by atoms with van der Waals surface area (Å²) in [6, 6.07) is 5.02. The first-order valence-corrected chi connectivity index (χ1v) is 11.5. The van der Waals surface area contributed by atoms with Gasteiger partial charge in [-0.2, -0.15) is 36.7 Å². The fraction of sp³-hybridized carbons (Fsp3) is 0.333. The molecule has 1 aliphatic carbocycles. The third kappa shape index (κ3) is 4.56. The van der Waals surface area contributed by atoms with Crippen LogP contribution in [0.5, 0.6) is 0 Å². The molecule has 0 spiro atoms. The Morgan fingerprint density at radius 2 is 1.75 bits per heavy atom. The Labute approximate surface area is 212 Å². The number of hydrogen-bond acceptors (Lipinski definition) is 5. The van der Waals surface area contributed by atoms with Crippen LogP contribution >= 0.6 is 34.5 Å². The molecule has 0 aliphatic heterocycles. The monoisotopic (exact) mass is 572 g/mol. The maximum absolute atomic E-state index is 14.3. The molecule has 36 heavy (non-hydrogen) atoms. The predicted octanol–water partition coefficient (Wildman–Crippen LogP) is 6.83. The van der Waals surface area contributed by atoms with Crippen LogP contribution in [0.25, 0.3) is 16.1 Å². The highest BCUT2D eigenvalue weighted by molar-refractivity contribution is 7.19. The van der Waals surface area contributed by atoms with Gasteiger partial charge in [0, 0.05) is 27.8 Å². The van der Waals surface area contributed by atoms with Gasteiger partial charge in [0.15, 0.2) is 0 Å². The van der Waals surface area contributed by atoms with E-state index in [0.717, 1.165) is 22.1 Å². The maximum Gasteiger partial charge on any atom is 0.435 e. The maximum atomic E-state index is 14.3. The van der Waals surface area contributed by atoms with Gasteiger partial charge in [0.05, 0.1) is 23.0 Å². The summed E-state index contributed by atoms with van der Waals surface area (Å²) in [6.45, 7) is 0. The first kappa shape index (κ1) is 26.7. The third-order valence-electron chi connectivity index (χ3n) is 5.63. The Balaban J connectivity index is 1.62. The number of rotatable bonds is 6. The Morgan fingerprint density at radius 3 is 2.28 bits per heavy atom. The highest BCUT2D eigenvalue weighted by Crippen LogP contribution is 2.53. The summed E-state index contributed by atoms with van der Waals surface area (Å²) in [5.74, 6) is 0. The van der Waals surface area contributed by atoms with Gasteiger partial charge in [-0.25, -0.2) is 9.07 Å². The summed E-state index contributed by atoms with van der Waals surface area (Å²) < 4.78 is 93.8. The minimum absolute atomic E-state index is 0.104. The van der Waals surface area contributed by atoms with Gasteiger partial charge in [-0.1, -0.05) is 29.3 Å². The summed E-state index contributed by atoms with van der Waals surface area (Å²) in [4.78, 5) is 0.522. The number of alkyl halides is 7. The van der Waals surface area contributed by atoms with Gasteiger partial charge in [-0.3, -0.25) is 5.32 Å². The molecule has 3 aromatic rings. The molecule has 1 unspecified atom stereocenters. The van der Waals surface area contributed by atoms with Crippen LogP contribution in [0.1, 0.15) is 30.2 Å². The molecule has 2 aromatic heterocycles. The van der Waals surface area contributed by atoms with E-state index in [1.165, 1.54) is 12.4 Å². The molecule has 0 amide bonds. The molecule has 192 valence electrons. The fourth-order valence-corrected chi connectivity index (χ4v) is 5.01. The van der Waals surface area contributed by atoms with Crippen molar-refractivity contribution in [2.75, 3.05) is 0 Å². The lowest BCUT2D eigenvalue weighted by molar-refractivity contribution is -0.348. The molecule has 15 heteroatoms. The first-order chi connectivity index (χ1) is 16.6. The van der Waals surface area contributed by atoms with Crippen LogP contribution in [0.15, 0.2) is 36.7 Å². The van der Waals surface area contributed by atoms with Gasteiger partial charge in [-0.05, 0) is 31.0 Å². The molecule has 0 bridgehead atoms. The molecule has 2 N–H and O–H groups in total. The van der Waals surface area contributed by atoms with Crippen molar-refractivity contribution < 1.29 is 35.8 Å². The lowest BCUT2D eigenvalue weighted by Gasteiger charge is -2.30. The number of aliphatic hydroxyl groups excluding tert-OH is 1. The number of halogens is 9. The van der Waals surface area contributed by atoms with Crippen LogP contribution in [0.3, 0.4) is 0 Å². The topological polar surface area (TPSA) is 73.9 Å². The van der Waals surface area contributed by atoms with Gasteiger partial charge >= 0.3 is 18.0 Å². The van der Waals surface area contributed by atoms with Crippen LogP contribution < -0.4 is 5.32 Å². The number of nitrogens with zero attached hydrogens (tertiary/aromatic N) is 3. The van der Waals surface area contributed by atoms with Gasteiger partial charge in [0.2, 0.25) is 0 Å². The molecular formula is C21H13Cl2F7N4OS. The standard InChI is InChI=1S/C21H13Cl2F7N4OS/c22-13-5-11(19(24,20(25,26)27)21(28,29)30)1-2-14(13)34-8-10(7-32-34)15-6-12(16(23)36-15)17(35)33-18(9-31)3-4-18/h1-2,5-8,17,33,35H,3-4H2. The largest absolute Gasteiger partial charge is 0.435 e. The molecule has 1 atom stereocenters. The zero-order valence-corrected chi connectivity index (χ0v) is 19.9. The van der Waals surface area contributed by atoms with Crippen molar-refractivity contribution in [3.63, 3.8) is 0 Å². The summed E-state index contributed by atoms with van der Waals surface area (Å²) in [5.41, 5.74) is -7.49. The van der Waals surface area contributed by atoms with Crippen molar-refractivity contribution in [1.29, 1.82) is 5.26 Å². The third-order valence-corrected chi connectivity index (χ3v) is 7.37. The Bertz CT molecular complexity index is 1330. The summed E-state index contributed by atoms with van der Waals surface area (Å²) in [6.07, 6.45) is -9.88. The minimum Gasteiger partial charge on any atom is -0.374 e. The van der Waals surface area contributed by atoms with E-state index in [1.807, 2.05) is 0 Å². The average molecular weight is 573 g/mol. The van der Waals surface area contributed by atoms with Gasteiger partial charge in [0.25, 0.3) is 0 Å². The fourth-order valence-electron chi connectivity index (χ4n) is 3.44. The Hall–Kier alpha value is -2.37. The SMILES string of the molecule is N#CC1(NC(O)c2cc(-c3cnn(-c4ccc(C(F)(C(F)(F)F)C(F)(F)F)cc4Cl)c3)sc2Cl)CC1. The average Bonchev–Trinajstić information content (AvgIpc) is 3.19. The zero-order valence-electron chi connectivity index (χ0n) is 17.6. The van der Waals surface area contributed by atoms with Crippen molar-refractivity contribution in [2.45, 2.75) is 42.6 Å². The Morgan fingerprint density at radius 1 is 1.11 bits per heavy atom. The van der Waals surface area contributed by atoms with Crippen molar-refractivity contribution in [1.82, 2.24) is 15.1 Å². The van der Waals surface area contributed by atoms with E-state index < -0.39 is 40.4 Å². The van der Waals surface area contributed by atoms with E-state index in [0.29, 0.717) is 34.9 Å². The van der Waals surface area contributed by atoms with E-state index in [2.05, 4.69) is 16.5 Å². The van der Waals surface area contributed by atoms with Crippen LogP contribution in [-0.2, 0) is 5.67 Å². The number of aromatic nitrogens is 2. The number of aliphatic hydroxyl groups is 1. The summed E-state index contributed by atoms with van der Waals surface area (Å²) >= 11 is 13.2. The molecule has 0 radical (unpaired) electrons. The van der Waals surface area contributed by atoms with Crippen LogP contribution in [-0.4, -0.2) is 32.8 Å². The second-order valence-electron chi connectivity index (χ2n) is 8.07. The number of hydrogen-bond donors (Lipinski definition) is 2. The van der Waals surface area contributed by atoms with E-state index in [1.54, 1.807) is 6.07 Å². The minimum atomic E-state index is -6.27. The van der Waals surface area contributed by atoms with Crippen LogP contribution in [0.2, 0.25) is 9.36 Å². The van der Waals surface area contributed by atoms with Gasteiger partial charge in [0.1, 0.15) is 16.1 Å². The van der Waals surface area contributed by atoms with Gasteiger partial charge in [-0.15, -0.1) is 11.3 Å². The second-order valence-corrected chi connectivity index (χ2v) is 10.1. The molecule has 1 aromatic carbocycles. The molecule has 4 rings (SSSR count). The van der Waals surface area contributed by atoms with Crippen molar-refractivity contribution in [3.8, 4) is 22.2 Å². The highest BCUT2D eigenvalue weighted by atomic mass is 35.5. The molecule has 2 heterocycles. The quantitative estimate of drug-likeness (QED) is 0.251. The number of nitriles is 1. The lowest BCUT2D eigenvalue weighted by Crippen LogP contribution is -2.50. The van der Waals surface area contributed by atoms with Gasteiger partial charge < -0.3 is 5.11 Å². The summed E-state index contributed by atoms with van der Waals surface area (Å²) in [7, 11) is 0. The van der Waals surface area contributed by atoms with E-state index >= 15 is 0 Å². The molecule has 1 aliphatic rings. The first-order valence-electron chi connectivity index (χ1n) is 9.96. The number of benzene rings is 1. The lowest BCUT2D eigenvalue weighted by atomic mass is 9.94. The smallest absolute Gasteiger partial charge is 0.374 e. The van der Waals surface area contributed by atoms with E-state index in [4.69, 9.17) is 23.2 Å². The number of thiophene rings is 1. The molecule has 0 saturated heterocycles. The van der Waals surface area contributed by atoms with Crippen molar-refractivity contribution in [2.24, 2.45) is 0 Å². The summed E-state index contributed by atoms with van der Waals surface area (Å²) in [5, 5.41) is 25.8. The van der Waals surface area contributed by atoms with Crippen LogP contribution in [0.4, 0.5) is 30.7 Å². The van der Waals surface area contributed by atoms with Crippen LogP contribution in [0, 0.1) is 11.3 Å². The van der Waals surface area contributed by atoms with E-state index in [9.17, 15) is 41.1 Å². The second kappa shape index (κ2) is 8.88. The Kier molecular flexibility index (Phi) is 6.58. The molecule has 5 nitrogen and oxygen atoms in total. The molecule has 1 fully saturated rings. The predicted molar refractivity (Wildman–Crippen MR) is 117 cm³/mol.